The zero-order valence-electron chi connectivity index (χ0n) is 8.92. The van der Waals surface area contributed by atoms with Crippen molar-refractivity contribution in [2.45, 2.75) is 18.9 Å². The molecule has 1 unspecified atom stereocenters. The summed E-state index contributed by atoms with van der Waals surface area (Å²) in [7, 11) is -3.03. The molecular formula is C10H15NO4S. The molecule has 0 amide bonds. The largest absolute Gasteiger partial charge is 0.480 e. The lowest BCUT2D eigenvalue weighted by atomic mass is 10.1. The molecule has 5 nitrogen and oxygen atoms in total. The number of hydrogen-bond donors (Lipinski definition) is 1. The highest BCUT2D eigenvalue weighted by Gasteiger charge is 2.29. The Bertz CT molecular complexity index is 396. The first-order valence-electron chi connectivity index (χ1n) is 5.04. The van der Waals surface area contributed by atoms with E-state index in [0.717, 1.165) is 0 Å². The maximum atomic E-state index is 11.4. The van der Waals surface area contributed by atoms with Gasteiger partial charge in [-0.15, -0.1) is 6.42 Å². The fourth-order valence-electron chi connectivity index (χ4n) is 1.89. The monoisotopic (exact) mass is 245 g/mol. The van der Waals surface area contributed by atoms with Crippen LogP contribution in [0.1, 0.15) is 12.8 Å². The van der Waals surface area contributed by atoms with Crippen LogP contribution in [0.2, 0.25) is 0 Å². The molecule has 90 valence electrons. The molecule has 1 atom stereocenters. The van der Waals surface area contributed by atoms with Crippen LogP contribution in [0.4, 0.5) is 0 Å². The highest BCUT2D eigenvalue weighted by molar-refractivity contribution is 7.91. The van der Waals surface area contributed by atoms with Crippen molar-refractivity contribution in [1.29, 1.82) is 0 Å². The predicted octanol–water partition coefficient (Wildman–Crippen LogP) is -0.417. The average molecular weight is 245 g/mol. The van der Waals surface area contributed by atoms with Crippen molar-refractivity contribution in [2.75, 3.05) is 24.6 Å². The summed E-state index contributed by atoms with van der Waals surface area (Å²) in [6.07, 6.45) is 6.41. The lowest BCUT2D eigenvalue weighted by Gasteiger charge is -2.31. The summed E-state index contributed by atoms with van der Waals surface area (Å²) < 4.78 is 22.9. The van der Waals surface area contributed by atoms with E-state index in [-0.39, 0.29) is 30.6 Å². The van der Waals surface area contributed by atoms with Gasteiger partial charge in [-0.1, -0.05) is 5.92 Å². The van der Waals surface area contributed by atoms with E-state index in [1.165, 1.54) is 0 Å². The Balaban J connectivity index is 2.71. The molecule has 6 heteroatoms. The van der Waals surface area contributed by atoms with Crippen LogP contribution in [-0.2, 0) is 14.6 Å². The van der Waals surface area contributed by atoms with Gasteiger partial charge in [0.25, 0.3) is 0 Å². The second kappa shape index (κ2) is 5.32. The third-order valence-electron chi connectivity index (χ3n) is 2.59. The third kappa shape index (κ3) is 3.83. The smallest absolute Gasteiger partial charge is 0.317 e. The molecule has 1 aliphatic rings. The van der Waals surface area contributed by atoms with Gasteiger partial charge in [0.15, 0.2) is 9.84 Å². The van der Waals surface area contributed by atoms with Crippen molar-refractivity contribution < 1.29 is 18.3 Å². The summed E-state index contributed by atoms with van der Waals surface area (Å²) in [5, 5.41) is 8.71. The van der Waals surface area contributed by atoms with Gasteiger partial charge < -0.3 is 5.11 Å². The fourth-order valence-corrected chi connectivity index (χ4v) is 3.63. The normalized spacial score (nSPS) is 23.9. The minimum absolute atomic E-state index is 0.0158. The van der Waals surface area contributed by atoms with Crippen molar-refractivity contribution in [3.8, 4) is 12.3 Å². The molecule has 1 fully saturated rings. The number of rotatable bonds is 4. The molecular weight excluding hydrogens is 230 g/mol. The first kappa shape index (κ1) is 13.0. The zero-order valence-corrected chi connectivity index (χ0v) is 9.74. The topological polar surface area (TPSA) is 74.7 Å². The number of terminal acetylenes is 1. The fraction of sp³-hybridized carbons (Fsp3) is 0.700. The van der Waals surface area contributed by atoms with Crippen LogP contribution in [0.15, 0.2) is 0 Å². The Kier molecular flexibility index (Phi) is 4.33. The molecule has 0 aromatic rings. The molecule has 1 aliphatic heterocycles. The molecule has 1 heterocycles. The predicted molar refractivity (Wildman–Crippen MR) is 59.7 cm³/mol. The van der Waals surface area contributed by atoms with Crippen molar-refractivity contribution >= 4 is 15.8 Å². The van der Waals surface area contributed by atoms with E-state index >= 15 is 0 Å². The Hall–Kier alpha value is -1.06. The van der Waals surface area contributed by atoms with Crippen LogP contribution in [0.3, 0.4) is 0 Å². The van der Waals surface area contributed by atoms with Crippen molar-refractivity contribution in [3.05, 3.63) is 0 Å². The maximum Gasteiger partial charge on any atom is 0.317 e. The molecule has 1 N–H and O–H groups in total. The molecule has 1 saturated heterocycles. The van der Waals surface area contributed by atoms with Crippen molar-refractivity contribution in [3.63, 3.8) is 0 Å². The molecule has 0 spiro atoms. The Morgan fingerprint density at radius 3 is 2.75 bits per heavy atom. The van der Waals surface area contributed by atoms with Crippen LogP contribution >= 0.6 is 0 Å². The van der Waals surface area contributed by atoms with Crippen molar-refractivity contribution in [1.82, 2.24) is 4.90 Å². The molecule has 1 rings (SSSR count). The van der Waals surface area contributed by atoms with Crippen LogP contribution in [0.25, 0.3) is 0 Å². The van der Waals surface area contributed by atoms with Gasteiger partial charge in [0.2, 0.25) is 0 Å². The summed E-state index contributed by atoms with van der Waals surface area (Å²) in [4.78, 5) is 12.2. The number of carboxylic acids is 1. The van der Waals surface area contributed by atoms with E-state index in [1.54, 1.807) is 4.90 Å². The maximum absolute atomic E-state index is 11.4. The molecule has 0 aliphatic carbocycles. The van der Waals surface area contributed by atoms with Gasteiger partial charge in [-0.25, -0.2) is 8.42 Å². The van der Waals surface area contributed by atoms with Crippen LogP contribution in [-0.4, -0.2) is 55.0 Å². The Labute approximate surface area is 95.4 Å². The number of sulfone groups is 1. The highest BCUT2D eigenvalue weighted by atomic mass is 32.2. The minimum Gasteiger partial charge on any atom is -0.480 e. The van der Waals surface area contributed by atoms with Gasteiger partial charge in [-0.3, -0.25) is 9.69 Å². The highest BCUT2D eigenvalue weighted by Crippen LogP contribution is 2.17. The molecule has 0 aromatic carbocycles. The molecule has 0 radical (unpaired) electrons. The van der Waals surface area contributed by atoms with Crippen LogP contribution < -0.4 is 0 Å². The number of aliphatic carboxylic acids is 1. The molecule has 0 aromatic heterocycles. The van der Waals surface area contributed by atoms with Crippen molar-refractivity contribution in [2.24, 2.45) is 0 Å². The van der Waals surface area contributed by atoms with E-state index in [2.05, 4.69) is 5.92 Å². The number of hydrogen-bond acceptors (Lipinski definition) is 4. The second-order valence-electron chi connectivity index (χ2n) is 3.91. The van der Waals surface area contributed by atoms with Gasteiger partial charge in [0, 0.05) is 6.04 Å². The van der Waals surface area contributed by atoms with Crippen LogP contribution in [0.5, 0.6) is 0 Å². The van der Waals surface area contributed by atoms with Gasteiger partial charge >= 0.3 is 5.97 Å². The van der Waals surface area contributed by atoms with E-state index < -0.39 is 15.8 Å². The van der Waals surface area contributed by atoms with Gasteiger partial charge in [0.05, 0.1) is 24.6 Å². The zero-order chi connectivity index (χ0) is 12.2. The third-order valence-corrected chi connectivity index (χ3v) is 4.39. The number of carboxylic acid groups (broad SMARTS) is 1. The molecule has 0 saturated carbocycles. The summed E-state index contributed by atoms with van der Waals surface area (Å²) in [6.45, 7) is -0.0309. The quantitative estimate of drug-likeness (QED) is 0.681. The van der Waals surface area contributed by atoms with Gasteiger partial charge in [-0.2, -0.15) is 0 Å². The van der Waals surface area contributed by atoms with E-state index in [1.807, 2.05) is 0 Å². The number of nitrogens with zero attached hydrogens (tertiary/aromatic N) is 1. The summed E-state index contributed by atoms with van der Waals surface area (Å²) in [6, 6.07) is -0.258. The second-order valence-corrected chi connectivity index (χ2v) is 6.14. The first-order chi connectivity index (χ1) is 7.44. The summed E-state index contributed by atoms with van der Waals surface area (Å²) in [5.41, 5.74) is 0. The lowest BCUT2D eigenvalue weighted by molar-refractivity contribution is -0.138. The lowest BCUT2D eigenvalue weighted by Crippen LogP contribution is -2.46. The SMILES string of the molecule is C#CCN(CC(=O)O)C1CCCS(=O)(=O)C1. The van der Waals surface area contributed by atoms with E-state index in [9.17, 15) is 13.2 Å². The standard InChI is InChI=1S/C10H15NO4S/c1-2-5-11(7-10(12)13)9-4-3-6-16(14,15)8-9/h1,9H,3-8H2,(H,12,13). The molecule has 0 bridgehead atoms. The average Bonchev–Trinajstić information content (AvgIpc) is 2.15. The van der Waals surface area contributed by atoms with Crippen LogP contribution in [0, 0.1) is 12.3 Å². The molecule has 16 heavy (non-hydrogen) atoms. The first-order valence-corrected chi connectivity index (χ1v) is 6.86. The van der Waals surface area contributed by atoms with E-state index in [4.69, 9.17) is 11.5 Å². The number of carbonyl (C=O) groups is 1. The summed E-state index contributed by atoms with van der Waals surface area (Å²) in [5.74, 6) is 1.59. The van der Waals surface area contributed by atoms with E-state index in [0.29, 0.717) is 12.8 Å². The minimum atomic E-state index is -3.03. The Morgan fingerprint density at radius 2 is 2.25 bits per heavy atom. The van der Waals surface area contributed by atoms with Gasteiger partial charge in [-0.05, 0) is 12.8 Å². The summed E-state index contributed by atoms with van der Waals surface area (Å²) >= 11 is 0. The van der Waals surface area contributed by atoms with Gasteiger partial charge in [0.1, 0.15) is 0 Å². The Morgan fingerprint density at radius 1 is 1.56 bits per heavy atom.